The molecule has 0 radical (unpaired) electrons. The fourth-order valence-corrected chi connectivity index (χ4v) is 4.90. The monoisotopic (exact) mass is 579 g/mol. The van der Waals surface area contributed by atoms with Crippen LogP contribution in [0.5, 0.6) is 5.75 Å². The lowest BCUT2D eigenvalue weighted by Gasteiger charge is -2.21. The molecule has 3 rings (SSSR count). The van der Waals surface area contributed by atoms with Gasteiger partial charge < -0.3 is 15.0 Å². The maximum Gasteiger partial charge on any atom is 0.394 e. The van der Waals surface area contributed by atoms with E-state index in [1.165, 1.54) is 6.07 Å². The second-order valence-electron chi connectivity index (χ2n) is 8.16. The molecule has 0 aliphatic carbocycles. The minimum atomic E-state index is -4.67. The summed E-state index contributed by atoms with van der Waals surface area (Å²) < 4.78 is 65.6. The Morgan fingerprint density at radius 1 is 0.846 bits per heavy atom. The first-order chi connectivity index (χ1) is 18.3. The molecule has 0 aliphatic heterocycles. The fraction of sp³-hybridized carbons (Fsp3) is 0.269. The number of amides is 1. The smallest absolute Gasteiger partial charge is 0.394 e. The average Bonchev–Trinajstić information content (AvgIpc) is 2.86. The average molecular weight is 580 g/mol. The number of carbonyl (C=O) groups excluding carboxylic acids is 1. The summed E-state index contributed by atoms with van der Waals surface area (Å²) in [6.45, 7) is 10.1. The first-order valence-corrected chi connectivity index (χ1v) is 14.9. The topological polar surface area (TPSA) is 162 Å². The van der Waals surface area contributed by atoms with Crippen molar-refractivity contribution >= 4 is 43.4 Å². The molecule has 3 aromatic carbocycles. The van der Waals surface area contributed by atoms with E-state index in [1.807, 2.05) is 31.2 Å². The summed E-state index contributed by atoms with van der Waals surface area (Å²) in [5.41, 5.74) is 2.92. The van der Waals surface area contributed by atoms with Crippen molar-refractivity contribution in [3.63, 3.8) is 0 Å². The van der Waals surface area contributed by atoms with Crippen LogP contribution in [0.25, 0.3) is 0 Å². The van der Waals surface area contributed by atoms with Gasteiger partial charge in [0.1, 0.15) is 5.75 Å². The summed E-state index contributed by atoms with van der Waals surface area (Å²) in [7, 11) is -8.56. The lowest BCUT2D eigenvalue weighted by Crippen LogP contribution is -2.21. The number of nitrogens with zero attached hydrogens (tertiary/aromatic N) is 1. The molecule has 0 spiro atoms. The highest BCUT2D eigenvalue weighted by Gasteiger charge is 2.20. The van der Waals surface area contributed by atoms with Crippen LogP contribution in [-0.2, 0) is 20.4 Å². The third-order valence-electron chi connectivity index (χ3n) is 5.41. The van der Waals surface area contributed by atoms with E-state index in [4.69, 9.17) is 22.3 Å². The van der Waals surface area contributed by atoms with E-state index < -0.39 is 20.4 Å². The van der Waals surface area contributed by atoms with Gasteiger partial charge in [-0.25, -0.2) is 8.42 Å². The van der Waals surface area contributed by atoms with Crippen LogP contribution in [0.1, 0.15) is 36.7 Å². The minimum Gasteiger partial charge on any atom is -0.494 e. The Morgan fingerprint density at radius 3 is 1.90 bits per heavy atom. The molecule has 4 N–H and O–H groups in total. The number of hydrogen-bond acceptors (Lipinski definition) is 7. The predicted octanol–water partition coefficient (Wildman–Crippen LogP) is 4.64. The lowest BCUT2D eigenvalue weighted by molar-refractivity contribution is 0.102. The number of sulfonamides is 1. The van der Waals surface area contributed by atoms with Crippen molar-refractivity contribution in [2.24, 2.45) is 0 Å². The fourth-order valence-electron chi connectivity index (χ4n) is 3.57. The van der Waals surface area contributed by atoms with E-state index in [0.717, 1.165) is 18.8 Å². The number of carbonyl (C=O) groups is 1. The van der Waals surface area contributed by atoms with Crippen LogP contribution in [0.2, 0.25) is 0 Å². The first kappa shape index (κ1) is 31.6. The van der Waals surface area contributed by atoms with Crippen molar-refractivity contribution in [1.82, 2.24) is 0 Å². The molecule has 0 saturated carbocycles. The number of hydrogen-bond donors (Lipinski definition) is 4. The summed E-state index contributed by atoms with van der Waals surface area (Å²) >= 11 is 0. The van der Waals surface area contributed by atoms with Gasteiger partial charge >= 0.3 is 10.4 Å². The van der Waals surface area contributed by atoms with Gasteiger partial charge in [-0.15, -0.1) is 0 Å². The summed E-state index contributed by atoms with van der Waals surface area (Å²) in [5, 5.41) is 2.84. The molecule has 0 atom stereocenters. The third-order valence-corrected chi connectivity index (χ3v) is 6.93. The van der Waals surface area contributed by atoms with Crippen molar-refractivity contribution in [1.29, 1.82) is 0 Å². The Hall–Kier alpha value is -3.65. The zero-order valence-electron chi connectivity index (χ0n) is 22.1. The molecule has 1 amide bonds. The molecule has 0 bridgehead atoms. The van der Waals surface area contributed by atoms with Gasteiger partial charge in [0, 0.05) is 35.7 Å². The van der Waals surface area contributed by atoms with Gasteiger partial charge in [-0.3, -0.25) is 18.6 Å². The van der Waals surface area contributed by atoms with Crippen LogP contribution in [0.3, 0.4) is 0 Å². The van der Waals surface area contributed by atoms with Gasteiger partial charge in [0.15, 0.2) is 0 Å². The molecule has 39 heavy (non-hydrogen) atoms. The Balaban J connectivity index is 0.000000976. The Labute approximate surface area is 229 Å². The Morgan fingerprint density at radius 2 is 1.38 bits per heavy atom. The van der Waals surface area contributed by atoms with Crippen molar-refractivity contribution < 1.29 is 35.5 Å². The molecule has 0 saturated heterocycles. The molecule has 212 valence electrons. The minimum absolute atomic E-state index is 0.0471. The van der Waals surface area contributed by atoms with Gasteiger partial charge in [0.2, 0.25) is 0 Å². The van der Waals surface area contributed by atoms with Crippen LogP contribution in [0.4, 0.5) is 17.1 Å². The van der Waals surface area contributed by atoms with Crippen molar-refractivity contribution in [2.75, 3.05) is 34.6 Å². The molecule has 13 heteroatoms. The van der Waals surface area contributed by atoms with Crippen molar-refractivity contribution in [3.05, 3.63) is 77.9 Å². The molecule has 0 aliphatic rings. The Bertz CT molecular complexity index is 1450. The SMILES string of the molecule is CCOc1ccc(NS(=O)(=O)c2cc(C(=O)Nc3ccc(N(CC)CC)cc3)ccc2C)cc1.O=S(=O)(O)O. The van der Waals surface area contributed by atoms with E-state index in [0.29, 0.717) is 29.3 Å². The molecule has 0 fully saturated rings. The number of benzene rings is 3. The number of aryl methyl sites for hydroxylation is 1. The van der Waals surface area contributed by atoms with E-state index in [9.17, 15) is 13.2 Å². The van der Waals surface area contributed by atoms with E-state index in [2.05, 4.69) is 28.8 Å². The van der Waals surface area contributed by atoms with Crippen LogP contribution < -0.4 is 19.7 Å². The van der Waals surface area contributed by atoms with Gasteiger partial charge in [0.05, 0.1) is 11.5 Å². The molecule has 11 nitrogen and oxygen atoms in total. The standard InChI is InChI=1S/C26H31N3O4S.H2O4S/c1-5-29(6-2)23-14-10-21(11-15-23)27-26(30)20-9-8-19(4)25(18-20)34(31,32)28-22-12-16-24(17-13-22)33-7-3;1-5(2,3)4/h8-18,28H,5-7H2,1-4H3,(H,27,30);(H2,1,2,3,4). The molecule has 0 heterocycles. The number of anilines is 3. The highest BCUT2D eigenvalue weighted by atomic mass is 32.3. The normalized spacial score (nSPS) is 11.1. The second kappa shape index (κ2) is 13.9. The van der Waals surface area contributed by atoms with Gasteiger partial charge in [-0.1, -0.05) is 6.07 Å². The van der Waals surface area contributed by atoms with Crippen LogP contribution in [-0.4, -0.2) is 51.5 Å². The van der Waals surface area contributed by atoms with Crippen LogP contribution >= 0.6 is 0 Å². The van der Waals surface area contributed by atoms with Crippen molar-refractivity contribution in [3.8, 4) is 5.75 Å². The zero-order valence-corrected chi connectivity index (χ0v) is 23.7. The highest BCUT2D eigenvalue weighted by Crippen LogP contribution is 2.24. The van der Waals surface area contributed by atoms with Gasteiger partial charge in [-0.2, -0.15) is 8.42 Å². The van der Waals surface area contributed by atoms with E-state index >= 15 is 0 Å². The molecular weight excluding hydrogens is 546 g/mol. The van der Waals surface area contributed by atoms with Crippen molar-refractivity contribution in [2.45, 2.75) is 32.6 Å². The molecular formula is C26H33N3O8S2. The van der Waals surface area contributed by atoms with E-state index in [-0.39, 0.29) is 16.4 Å². The quantitative estimate of drug-likeness (QED) is 0.251. The largest absolute Gasteiger partial charge is 0.494 e. The maximum absolute atomic E-state index is 13.0. The number of rotatable bonds is 10. The summed E-state index contributed by atoms with van der Waals surface area (Å²) in [5.74, 6) is 0.276. The Kier molecular flexibility index (Phi) is 11.3. The summed E-state index contributed by atoms with van der Waals surface area (Å²) in [6, 6.07) is 18.9. The third kappa shape index (κ3) is 10.2. The maximum atomic E-state index is 13.0. The first-order valence-electron chi connectivity index (χ1n) is 12.0. The lowest BCUT2D eigenvalue weighted by atomic mass is 10.1. The molecule has 0 aromatic heterocycles. The highest BCUT2D eigenvalue weighted by molar-refractivity contribution is 7.92. The predicted molar refractivity (Wildman–Crippen MR) is 152 cm³/mol. The summed E-state index contributed by atoms with van der Waals surface area (Å²) in [6.07, 6.45) is 0. The molecule has 3 aromatic rings. The molecule has 0 unspecified atom stereocenters. The second-order valence-corrected chi connectivity index (χ2v) is 10.7. The number of ether oxygens (including phenoxy) is 1. The van der Waals surface area contributed by atoms with E-state index in [1.54, 1.807) is 43.3 Å². The zero-order chi connectivity index (χ0) is 29.2. The van der Waals surface area contributed by atoms with Crippen LogP contribution in [0, 0.1) is 6.92 Å². The van der Waals surface area contributed by atoms with Crippen LogP contribution in [0.15, 0.2) is 71.6 Å². The van der Waals surface area contributed by atoms with Gasteiger partial charge in [0.25, 0.3) is 15.9 Å². The summed E-state index contributed by atoms with van der Waals surface area (Å²) in [4.78, 5) is 15.1. The van der Waals surface area contributed by atoms with Gasteiger partial charge in [-0.05, 0) is 93.9 Å². The number of nitrogens with one attached hydrogen (secondary N) is 2.